The van der Waals surface area contributed by atoms with Gasteiger partial charge in [0.05, 0.1) is 4.90 Å². The molecule has 29 heavy (non-hydrogen) atoms. The van der Waals surface area contributed by atoms with Crippen molar-refractivity contribution in [3.05, 3.63) is 59.7 Å². The fraction of sp³-hybridized carbons (Fsp3) is 0.263. The molecule has 0 unspecified atom stereocenters. The third-order valence-electron chi connectivity index (χ3n) is 4.62. The summed E-state index contributed by atoms with van der Waals surface area (Å²) in [5, 5.41) is 2.13. The highest BCUT2D eigenvalue weighted by Gasteiger charge is 2.29. The van der Waals surface area contributed by atoms with Crippen LogP contribution in [0.3, 0.4) is 0 Å². The molecule has 1 N–H and O–H groups in total. The van der Waals surface area contributed by atoms with Crippen LogP contribution in [-0.4, -0.2) is 55.6 Å². The van der Waals surface area contributed by atoms with Gasteiger partial charge in [-0.3, -0.25) is 9.59 Å². The number of amides is 2. The monoisotopic (exact) mass is 423 g/mol. The van der Waals surface area contributed by atoms with Crippen molar-refractivity contribution in [1.82, 2.24) is 9.21 Å². The van der Waals surface area contributed by atoms with Gasteiger partial charge < -0.3 is 10.2 Å². The second-order valence-corrected chi connectivity index (χ2v) is 8.43. The number of sulfonamides is 1. The Balaban J connectivity index is 1.80. The van der Waals surface area contributed by atoms with Gasteiger partial charge in [0.25, 0.3) is 5.91 Å². The van der Waals surface area contributed by atoms with Crippen molar-refractivity contribution < 1.29 is 26.8 Å². The van der Waals surface area contributed by atoms with E-state index in [0.717, 1.165) is 18.2 Å². The number of benzene rings is 2. The smallest absolute Gasteiger partial charge is 0.255 e. The van der Waals surface area contributed by atoms with Crippen molar-refractivity contribution in [3.8, 4) is 0 Å². The lowest BCUT2D eigenvalue weighted by molar-refractivity contribution is -0.129. The Morgan fingerprint density at radius 2 is 1.55 bits per heavy atom. The van der Waals surface area contributed by atoms with E-state index in [-0.39, 0.29) is 42.5 Å². The molecule has 0 atom stereocenters. The molecule has 0 aliphatic carbocycles. The molecule has 0 bridgehead atoms. The molecule has 10 heteroatoms. The van der Waals surface area contributed by atoms with Gasteiger partial charge in [-0.2, -0.15) is 4.31 Å². The van der Waals surface area contributed by atoms with Crippen molar-refractivity contribution in [2.45, 2.75) is 11.8 Å². The Hall–Kier alpha value is -2.85. The number of piperazine rings is 1. The number of hydrogen-bond acceptors (Lipinski definition) is 4. The SMILES string of the molecule is CC(=O)N1CCN(S(=O)(=O)c2cccc(C(=O)Nc3c(F)cccc3F)c2)CC1. The van der Waals surface area contributed by atoms with Crippen LogP contribution in [0.1, 0.15) is 17.3 Å². The predicted molar refractivity (Wildman–Crippen MR) is 102 cm³/mol. The molecule has 0 spiro atoms. The van der Waals surface area contributed by atoms with Crippen LogP contribution in [0.5, 0.6) is 0 Å². The minimum atomic E-state index is -3.89. The van der Waals surface area contributed by atoms with E-state index in [9.17, 15) is 26.8 Å². The van der Waals surface area contributed by atoms with E-state index in [0.29, 0.717) is 0 Å². The first-order valence-corrected chi connectivity index (χ1v) is 10.3. The second kappa shape index (κ2) is 8.26. The average Bonchev–Trinajstić information content (AvgIpc) is 2.71. The molecule has 1 fully saturated rings. The van der Waals surface area contributed by atoms with Crippen molar-refractivity contribution in [1.29, 1.82) is 0 Å². The molecule has 1 aliphatic heterocycles. The number of anilines is 1. The van der Waals surface area contributed by atoms with Crippen LogP contribution >= 0.6 is 0 Å². The summed E-state index contributed by atoms with van der Waals surface area (Å²) in [5.74, 6) is -2.84. The summed E-state index contributed by atoms with van der Waals surface area (Å²) in [5.41, 5.74) is -0.665. The van der Waals surface area contributed by atoms with Gasteiger partial charge in [0.2, 0.25) is 15.9 Å². The van der Waals surface area contributed by atoms with E-state index in [1.54, 1.807) is 4.90 Å². The third kappa shape index (κ3) is 4.43. The van der Waals surface area contributed by atoms with Gasteiger partial charge in [0, 0.05) is 38.7 Å². The van der Waals surface area contributed by atoms with Gasteiger partial charge >= 0.3 is 0 Å². The lowest BCUT2D eigenvalue weighted by Crippen LogP contribution is -2.49. The summed E-state index contributed by atoms with van der Waals surface area (Å²) in [4.78, 5) is 25.2. The van der Waals surface area contributed by atoms with Gasteiger partial charge in [-0.15, -0.1) is 0 Å². The fourth-order valence-electron chi connectivity index (χ4n) is 2.99. The number of hydrogen-bond donors (Lipinski definition) is 1. The van der Waals surface area contributed by atoms with Crippen molar-refractivity contribution in [2.24, 2.45) is 0 Å². The first-order valence-electron chi connectivity index (χ1n) is 8.81. The molecule has 1 heterocycles. The largest absolute Gasteiger partial charge is 0.340 e. The highest BCUT2D eigenvalue weighted by Crippen LogP contribution is 2.22. The zero-order valence-corrected chi connectivity index (χ0v) is 16.4. The van der Waals surface area contributed by atoms with Crippen molar-refractivity contribution >= 4 is 27.5 Å². The topological polar surface area (TPSA) is 86.8 Å². The summed E-state index contributed by atoms with van der Waals surface area (Å²) >= 11 is 0. The maximum Gasteiger partial charge on any atom is 0.255 e. The van der Waals surface area contributed by atoms with Gasteiger partial charge in [0.1, 0.15) is 17.3 Å². The fourth-order valence-corrected chi connectivity index (χ4v) is 4.46. The lowest BCUT2D eigenvalue weighted by atomic mass is 10.2. The highest BCUT2D eigenvalue weighted by molar-refractivity contribution is 7.89. The second-order valence-electron chi connectivity index (χ2n) is 6.49. The minimum Gasteiger partial charge on any atom is -0.340 e. The molecule has 1 aliphatic rings. The average molecular weight is 423 g/mol. The zero-order valence-electron chi connectivity index (χ0n) is 15.6. The molecule has 7 nitrogen and oxygen atoms in total. The molecule has 0 radical (unpaired) electrons. The Labute approximate surface area is 167 Å². The maximum atomic E-state index is 13.7. The van der Waals surface area contributed by atoms with Gasteiger partial charge in [-0.05, 0) is 30.3 Å². The van der Waals surface area contributed by atoms with Crippen LogP contribution in [0.4, 0.5) is 14.5 Å². The third-order valence-corrected chi connectivity index (χ3v) is 6.51. The van der Waals surface area contributed by atoms with Crippen molar-refractivity contribution in [2.75, 3.05) is 31.5 Å². The highest BCUT2D eigenvalue weighted by atomic mass is 32.2. The van der Waals surface area contributed by atoms with Gasteiger partial charge in [0.15, 0.2) is 0 Å². The van der Waals surface area contributed by atoms with Gasteiger partial charge in [-0.25, -0.2) is 17.2 Å². The molecule has 1 saturated heterocycles. The maximum absolute atomic E-state index is 13.7. The molecule has 2 aromatic carbocycles. The molecule has 2 amide bonds. The van der Waals surface area contributed by atoms with Crippen LogP contribution in [0.15, 0.2) is 47.4 Å². The van der Waals surface area contributed by atoms with Crippen molar-refractivity contribution in [3.63, 3.8) is 0 Å². The van der Waals surface area contributed by atoms with E-state index in [1.165, 1.54) is 35.5 Å². The Morgan fingerprint density at radius 3 is 2.14 bits per heavy atom. The standard InChI is InChI=1S/C19H19F2N3O4S/c1-13(25)23-8-10-24(11-9-23)29(27,28)15-5-2-4-14(12-15)19(26)22-18-16(20)6-3-7-17(18)21/h2-7,12H,8-11H2,1H3,(H,22,26). The van der Waals surface area contributed by atoms with Crippen LogP contribution in [0, 0.1) is 11.6 Å². The van der Waals surface area contributed by atoms with Crippen LogP contribution < -0.4 is 5.32 Å². The number of halogens is 2. The number of carbonyl (C=O) groups excluding carboxylic acids is 2. The van der Waals surface area contributed by atoms with E-state index < -0.39 is 33.3 Å². The normalized spacial score (nSPS) is 15.2. The van der Waals surface area contributed by atoms with E-state index in [4.69, 9.17) is 0 Å². The molecule has 154 valence electrons. The molecular weight excluding hydrogens is 404 g/mol. The lowest BCUT2D eigenvalue weighted by Gasteiger charge is -2.33. The number of para-hydroxylation sites is 1. The molecule has 3 rings (SSSR count). The summed E-state index contributed by atoms with van der Waals surface area (Å²) in [6.45, 7) is 2.25. The van der Waals surface area contributed by atoms with Crippen LogP contribution in [0.2, 0.25) is 0 Å². The number of nitrogens with zero attached hydrogens (tertiary/aromatic N) is 2. The summed E-state index contributed by atoms with van der Waals surface area (Å²) in [7, 11) is -3.89. The number of carbonyl (C=O) groups is 2. The summed E-state index contributed by atoms with van der Waals surface area (Å²) in [6.07, 6.45) is 0. The zero-order chi connectivity index (χ0) is 21.2. The van der Waals surface area contributed by atoms with Gasteiger partial charge in [-0.1, -0.05) is 12.1 Å². The Morgan fingerprint density at radius 1 is 0.966 bits per heavy atom. The molecule has 2 aromatic rings. The Kier molecular flexibility index (Phi) is 5.94. The van der Waals surface area contributed by atoms with E-state index in [1.807, 2.05) is 0 Å². The minimum absolute atomic E-state index is 0.0592. The molecule has 0 saturated carbocycles. The van der Waals surface area contributed by atoms with Crippen LogP contribution in [-0.2, 0) is 14.8 Å². The summed E-state index contributed by atoms with van der Waals surface area (Å²) in [6, 6.07) is 8.39. The molecular formula is C19H19F2N3O4S. The van der Waals surface area contributed by atoms with Crippen LogP contribution in [0.25, 0.3) is 0 Å². The molecule has 0 aromatic heterocycles. The number of rotatable bonds is 4. The Bertz CT molecular complexity index is 1030. The number of nitrogens with one attached hydrogen (secondary N) is 1. The first kappa shape index (κ1) is 20.9. The van der Waals surface area contributed by atoms with E-state index >= 15 is 0 Å². The quantitative estimate of drug-likeness (QED) is 0.816. The first-order chi connectivity index (χ1) is 13.7. The predicted octanol–water partition coefficient (Wildman–Crippen LogP) is 2.07. The van der Waals surface area contributed by atoms with E-state index in [2.05, 4.69) is 5.32 Å². The summed E-state index contributed by atoms with van der Waals surface area (Å²) < 4.78 is 54.5.